The molecule has 1 amide bonds. The minimum absolute atomic E-state index is 0.0466. The van der Waals surface area contributed by atoms with E-state index in [0.29, 0.717) is 11.3 Å². The number of piperidine rings is 1. The fourth-order valence-corrected chi connectivity index (χ4v) is 3.04. The van der Waals surface area contributed by atoms with Gasteiger partial charge in [0.1, 0.15) is 0 Å². The summed E-state index contributed by atoms with van der Waals surface area (Å²) < 4.78 is 0. The molecule has 0 radical (unpaired) electrons. The number of carbonyl (C=O) groups is 1. The highest BCUT2D eigenvalue weighted by molar-refractivity contribution is 6.04. The molecule has 130 valence electrons. The largest absolute Gasteiger partial charge is 0.322 e. The number of carbonyl (C=O) groups excluding carboxylic acids is 1. The van der Waals surface area contributed by atoms with Gasteiger partial charge in [0.25, 0.3) is 11.6 Å². The van der Waals surface area contributed by atoms with Gasteiger partial charge < -0.3 is 5.32 Å². The van der Waals surface area contributed by atoms with Gasteiger partial charge in [0.05, 0.1) is 4.92 Å². The second-order valence-electron chi connectivity index (χ2n) is 6.30. The van der Waals surface area contributed by atoms with Crippen LogP contribution in [0.3, 0.4) is 0 Å². The summed E-state index contributed by atoms with van der Waals surface area (Å²) in [6.45, 7) is 3.18. The van der Waals surface area contributed by atoms with Gasteiger partial charge in [-0.15, -0.1) is 0 Å². The van der Waals surface area contributed by atoms with Gasteiger partial charge in [-0.2, -0.15) is 0 Å². The van der Waals surface area contributed by atoms with Crippen molar-refractivity contribution in [3.05, 3.63) is 69.8 Å². The molecule has 25 heavy (non-hydrogen) atoms. The maximum atomic E-state index is 12.3. The van der Waals surface area contributed by atoms with Crippen molar-refractivity contribution in [3.63, 3.8) is 0 Å². The van der Waals surface area contributed by atoms with E-state index in [1.54, 1.807) is 24.3 Å². The summed E-state index contributed by atoms with van der Waals surface area (Å²) in [7, 11) is 0. The van der Waals surface area contributed by atoms with E-state index in [-0.39, 0.29) is 11.6 Å². The summed E-state index contributed by atoms with van der Waals surface area (Å²) in [6.07, 6.45) is 3.82. The standard InChI is InChI=1S/C19H21N3O3/c23-19(20-17-5-4-6-18(13-17)22(24)25)16-9-7-15(8-10-16)14-21-11-2-1-3-12-21/h4-10,13H,1-3,11-12,14H2,(H,20,23). The molecule has 1 heterocycles. The van der Waals surface area contributed by atoms with Gasteiger partial charge in [-0.25, -0.2) is 0 Å². The third-order valence-corrected chi connectivity index (χ3v) is 4.39. The first-order chi connectivity index (χ1) is 12.1. The van der Waals surface area contributed by atoms with Gasteiger partial charge in [0, 0.05) is 29.9 Å². The Morgan fingerprint density at radius 2 is 1.80 bits per heavy atom. The third-order valence-electron chi connectivity index (χ3n) is 4.39. The number of nitrogens with one attached hydrogen (secondary N) is 1. The molecule has 2 aromatic carbocycles. The molecule has 1 aliphatic rings. The van der Waals surface area contributed by atoms with E-state index in [0.717, 1.165) is 19.6 Å². The Labute approximate surface area is 146 Å². The number of nitrogens with zero attached hydrogens (tertiary/aromatic N) is 2. The van der Waals surface area contributed by atoms with E-state index in [1.807, 2.05) is 12.1 Å². The fourth-order valence-electron chi connectivity index (χ4n) is 3.04. The summed E-state index contributed by atoms with van der Waals surface area (Å²) in [5, 5.41) is 13.5. The van der Waals surface area contributed by atoms with E-state index >= 15 is 0 Å². The highest BCUT2D eigenvalue weighted by atomic mass is 16.6. The van der Waals surface area contributed by atoms with Crippen molar-refractivity contribution in [1.82, 2.24) is 4.90 Å². The van der Waals surface area contributed by atoms with E-state index in [4.69, 9.17) is 0 Å². The van der Waals surface area contributed by atoms with E-state index in [2.05, 4.69) is 10.2 Å². The van der Waals surface area contributed by atoms with Gasteiger partial charge in [-0.3, -0.25) is 19.8 Å². The summed E-state index contributed by atoms with van der Waals surface area (Å²) in [5.74, 6) is -0.273. The number of hydrogen-bond acceptors (Lipinski definition) is 4. The number of nitro benzene ring substituents is 1. The molecule has 0 bridgehead atoms. The highest BCUT2D eigenvalue weighted by Crippen LogP contribution is 2.18. The number of hydrogen-bond donors (Lipinski definition) is 1. The molecule has 0 aliphatic carbocycles. The molecule has 2 aromatic rings. The molecule has 3 rings (SSSR count). The van der Waals surface area contributed by atoms with Crippen molar-refractivity contribution < 1.29 is 9.72 Å². The molecule has 1 saturated heterocycles. The van der Waals surface area contributed by atoms with Crippen molar-refractivity contribution in [2.45, 2.75) is 25.8 Å². The summed E-state index contributed by atoms with van der Waals surface area (Å²) >= 11 is 0. The number of non-ortho nitro benzene ring substituents is 1. The van der Waals surface area contributed by atoms with Crippen molar-refractivity contribution in [2.24, 2.45) is 0 Å². The predicted octanol–water partition coefficient (Wildman–Crippen LogP) is 3.83. The molecule has 1 N–H and O–H groups in total. The summed E-state index contributed by atoms with van der Waals surface area (Å²) in [5.41, 5.74) is 2.09. The van der Waals surface area contributed by atoms with Crippen molar-refractivity contribution in [1.29, 1.82) is 0 Å². The van der Waals surface area contributed by atoms with Crippen molar-refractivity contribution in [2.75, 3.05) is 18.4 Å². The lowest BCUT2D eigenvalue weighted by Crippen LogP contribution is -2.29. The zero-order chi connectivity index (χ0) is 17.6. The van der Waals surface area contributed by atoms with Gasteiger partial charge in [0.2, 0.25) is 0 Å². The minimum atomic E-state index is -0.481. The zero-order valence-corrected chi connectivity index (χ0v) is 14.0. The lowest BCUT2D eigenvalue weighted by atomic mass is 10.1. The first-order valence-electron chi connectivity index (χ1n) is 8.49. The Kier molecular flexibility index (Phi) is 5.40. The van der Waals surface area contributed by atoms with E-state index in [9.17, 15) is 14.9 Å². The van der Waals surface area contributed by atoms with E-state index in [1.165, 1.54) is 37.0 Å². The number of benzene rings is 2. The second kappa shape index (κ2) is 7.90. The Morgan fingerprint density at radius 1 is 1.08 bits per heavy atom. The first kappa shape index (κ1) is 17.1. The monoisotopic (exact) mass is 339 g/mol. The third kappa shape index (κ3) is 4.64. The number of amides is 1. The minimum Gasteiger partial charge on any atom is -0.322 e. The molecular formula is C19H21N3O3. The molecule has 0 saturated carbocycles. The van der Waals surface area contributed by atoms with Crippen molar-refractivity contribution >= 4 is 17.3 Å². The Morgan fingerprint density at radius 3 is 2.48 bits per heavy atom. The van der Waals surface area contributed by atoms with Gasteiger partial charge in [-0.1, -0.05) is 24.6 Å². The molecular weight excluding hydrogens is 318 g/mol. The number of likely N-dealkylation sites (tertiary alicyclic amines) is 1. The smallest absolute Gasteiger partial charge is 0.271 e. The average Bonchev–Trinajstić information content (AvgIpc) is 2.63. The van der Waals surface area contributed by atoms with Crippen LogP contribution in [0.15, 0.2) is 48.5 Å². The zero-order valence-electron chi connectivity index (χ0n) is 14.0. The van der Waals surface area contributed by atoms with Crippen LogP contribution in [0.5, 0.6) is 0 Å². The number of rotatable bonds is 5. The van der Waals surface area contributed by atoms with Crippen molar-refractivity contribution in [3.8, 4) is 0 Å². The van der Waals surface area contributed by atoms with Crippen LogP contribution in [0.4, 0.5) is 11.4 Å². The predicted molar refractivity (Wildman–Crippen MR) is 96.6 cm³/mol. The van der Waals surface area contributed by atoms with E-state index < -0.39 is 4.92 Å². The Bertz CT molecular complexity index is 753. The first-order valence-corrected chi connectivity index (χ1v) is 8.49. The van der Waals surface area contributed by atoms with Crippen LogP contribution in [0, 0.1) is 10.1 Å². The van der Waals surface area contributed by atoms with Crippen LogP contribution >= 0.6 is 0 Å². The van der Waals surface area contributed by atoms with Crippen LogP contribution in [-0.2, 0) is 6.54 Å². The molecule has 1 aliphatic heterocycles. The molecule has 0 atom stereocenters. The van der Waals surface area contributed by atoms with Crippen LogP contribution in [-0.4, -0.2) is 28.8 Å². The molecule has 0 unspecified atom stereocenters. The number of nitro groups is 1. The number of anilines is 1. The lowest BCUT2D eigenvalue weighted by molar-refractivity contribution is -0.384. The summed E-state index contributed by atoms with van der Waals surface area (Å²) in [4.78, 5) is 25.1. The molecule has 1 fully saturated rings. The molecule has 6 nitrogen and oxygen atoms in total. The average molecular weight is 339 g/mol. The van der Waals surface area contributed by atoms with Crippen LogP contribution < -0.4 is 5.32 Å². The highest BCUT2D eigenvalue weighted by Gasteiger charge is 2.12. The van der Waals surface area contributed by atoms with Crippen LogP contribution in [0.2, 0.25) is 0 Å². The van der Waals surface area contributed by atoms with Crippen LogP contribution in [0.25, 0.3) is 0 Å². The maximum Gasteiger partial charge on any atom is 0.271 e. The SMILES string of the molecule is O=C(Nc1cccc([N+](=O)[O-])c1)c1ccc(CN2CCCCC2)cc1. The molecule has 6 heteroatoms. The Hall–Kier alpha value is -2.73. The summed E-state index contributed by atoms with van der Waals surface area (Å²) in [6, 6.07) is 13.5. The topological polar surface area (TPSA) is 75.5 Å². The van der Waals surface area contributed by atoms with Gasteiger partial charge in [-0.05, 0) is 49.7 Å². The molecule has 0 spiro atoms. The fraction of sp³-hybridized carbons (Fsp3) is 0.316. The van der Waals surface area contributed by atoms with Gasteiger partial charge >= 0.3 is 0 Å². The molecule has 0 aromatic heterocycles. The lowest BCUT2D eigenvalue weighted by Gasteiger charge is -2.26. The Balaban J connectivity index is 1.62. The van der Waals surface area contributed by atoms with Gasteiger partial charge in [0.15, 0.2) is 0 Å². The quantitative estimate of drug-likeness (QED) is 0.663. The second-order valence-corrected chi connectivity index (χ2v) is 6.30. The van der Waals surface area contributed by atoms with Crippen LogP contribution in [0.1, 0.15) is 35.2 Å². The normalized spacial score (nSPS) is 14.9. The maximum absolute atomic E-state index is 12.3.